The summed E-state index contributed by atoms with van der Waals surface area (Å²) in [4.78, 5) is 12.8. The summed E-state index contributed by atoms with van der Waals surface area (Å²) in [5, 5.41) is 14.1. The van der Waals surface area contributed by atoms with Gasteiger partial charge in [0.2, 0.25) is 11.7 Å². The largest absolute Gasteiger partial charge is 0.493 e. The van der Waals surface area contributed by atoms with Crippen LogP contribution in [0.15, 0.2) is 16.6 Å². The molecule has 1 heterocycles. The second kappa shape index (κ2) is 6.11. The molecule has 2 aromatic rings. The van der Waals surface area contributed by atoms with Crippen molar-refractivity contribution in [3.63, 3.8) is 0 Å². The summed E-state index contributed by atoms with van der Waals surface area (Å²) in [7, 11) is 1.60. The molecule has 0 unspecified atom stereocenters. The third kappa shape index (κ3) is 2.80. The van der Waals surface area contributed by atoms with E-state index in [1.165, 1.54) is 4.68 Å². The fourth-order valence-corrected chi connectivity index (χ4v) is 3.17. The minimum atomic E-state index is -0.263. The maximum Gasteiger partial charge on any atom is 0.220 e. The number of aromatic hydroxyl groups is 1. The molecule has 0 saturated carbocycles. The second-order valence-corrected chi connectivity index (χ2v) is 6.38. The first-order valence-electron chi connectivity index (χ1n) is 6.21. The van der Waals surface area contributed by atoms with Crippen LogP contribution in [0.2, 0.25) is 0 Å². The second-order valence-electron chi connectivity index (χ2n) is 4.66. The van der Waals surface area contributed by atoms with Gasteiger partial charge in [-0.25, -0.2) is 4.68 Å². The van der Waals surface area contributed by atoms with Gasteiger partial charge in [0.05, 0.1) is 11.4 Å². The van der Waals surface area contributed by atoms with Gasteiger partial charge in [-0.05, 0) is 46.8 Å². The van der Waals surface area contributed by atoms with Crippen LogP contribution in [0.3, 0.4) is 0 Å². The van der Waals surface area contributed by atoms with Crippen molar-refractivity contribution in [1.29, 1.82) is 0 Å². The maximum atomic E-state index is 12.8. The lowest BCUT2D eigenvalue weighted by molar-refractivity contribution is 0.103. The van der Waals surface area contributed by atoms with Gasteiger partial charge in [-0.15, -0.1) is 0 Å². The Bertz CT molecular complexity index is 713. The lowest BCUT2D eigenvalue weighted by Crippen LogP contribution is -2.09. The van der Waals surface area contributed by atoms with E-state index in [2.05, 4.69) is 21.0 Å². The predicted molar refractivity (Wildman–Crippen MR) is 88.8 cm³/mol. The summed E-state index contributed by atoms with van der Waals surface area (Å²) >= 11 is 4.96. The number of thioether (sulfide) groups is 1. The average Bonchev–Trinajstić information content (AvgIpc) is 2.68. The van der Waals surface area contributed by atoms with Crippen LogP contribution in [-0.4, -0.2) is 26.9 Å². The number of rotatable bonds is 4. The number of aromatic nitrogens is 2. The van der Waals surface area contributed by atoms with Crippen molar-refractivity contribution in [1.82, 2.24) is 9.78 Å². The summed E-state index contributed by atoms with van der Waals surface area (Å²) in [6, 6.07) is 3.47. The Balaban J connectivity index is 2.61. The summed E-state index contributed by atoms with van der Waals surface area (Å²) in [5.41, 5.74) is 8.61. The molecule has 112 valence electrons. The number of anilines is 1. The monoisotopic (exact) mass is 369 g/mol. The first kappa shape index (κ1) is 15.9. The topological polar surface area (TPSA) is 81.1 Å². The standard InChI is InChI=1S/C14H16BrN3O2S/c1-7-11(14(20)18(2)17-7)13(19)8-4-5-10(15)12(16)9(8)6-21-3/h4-5,20H,6,16H2,1-3H3. The molecule has 0 spiro atoms. The van der Waals surface area contributed by atoms with Crippen LogP contribution in [-0.2, 0) is 12.8 Å². The van der Waals surface area contributed by atoms with Gasteiger partial charge in [-0.1, -0.05) is 0 Å². The van der Waals surface area contributed by atoms with Crippen LogP contribution in [0.4, 0.5) is 5.69 Å². The predicted octanol–water partition coefficient (Wildman–Crippen LogP) is 2.87. The fraction of sp³-hybridized carbons (Fsp3) is 0.286. The van der Waals surface area contributed by atoms with E-state index in [9.17, 15) is 9.90 Å². The number of nitrogen functional groups attached to an aromatic ring is 1. The van der Waals surface area contributed by atoms with Gasteiger partial charge < -0.3 is 10.8 Å². The Kier molecular flexibility index (Phi) is 4.63. The minimum Gasteiger partial charge on any atom is -0.493 e. The number of nitrogens with zero attached hydrogens (tertiary/aromatic N) is 2. The summed E-state index contributed by atoms with van der Waals surface area (Å²) in [6.07, 6.45) is 1.95. The van der Waals surface area contributed by atoms with Crippen LogP contribution in [0.25, 0.3) is 0 Å². The highest BCUT2D eigenvalue weighted by Crippen LogP contribution is 2.32. The molecule has 1 aromatic carbocycles. The number of aryl methyl sites for hydroxylation is 2. The maximum absolute atomic E-state index is 12.8. The molecular weight excluding hydrogens is 354 g/mol. The molecule has 0 aliphatic heterocycles. The van der Waals surface area contributed by atoms with E-state index < -0.39 is 0 Å². The van der Waals surface area contributed by atoms with Gasteiger partial charge in [0, 0.05) is 22.8 Å². The highest BCUT2D eigenvalue weighted by atomic mass is 79.9. The zero-order valence-corrected chi connectivity index (χ0v) is 14.4. The van der Waals surface area contributed by atoms with Crippen molar-refractivity contribution in [3.05, 3.63) is 39.0 Å². The van der Waals surface area contributed by atoms with Gasteiger partial charge in [0.1, 0.15) is 5.56 Å². The Hall–Kier alpha value is -1.47. The summed E-state index contributed by atoms with van der Waals surface area (Å²) in [5.74, 6) is 0.224. The third-order valence-corrected chi connectivity index (χ3v) is 4.53. The fourth-order valence-electron chi connectivity index (χ4n) is 2.20. The minimum absolute atomic E-state index is 0.130. The van der Waals surface area contributed by atoms with Crippen molar-refractivity contribution in [3.8, 4) is 5.88 Å². The van der Waals surface area contributed by atoms with E-state index in [-0.39, 0.29) is 17.2 Å². The molecule has 0 atom stereocenters. The summed E-state index contributed by atoms with van der Waals surface area (Å²) < 4.78 is 2.05. The van der Waals surface area contributed by atoms with Crippen molar-refractivity contribution < 1.29 is 9.90 Å². The Morgan fingerprint density at radius 1 is 1.52 bits per heavy atom. The Morgan fingerprint density at radius 3 is 2.71 bits per heavy atom. The zero-order valence-electron chi connectivity index (χ0n) is 12.0. The number of carbonyl (C=O) groups is 1. The third-order valence-electron chi connectivity index (χ3n) is 3.26. The van der Waals surface area contributed by atoms with E-state index in [1.807, 2.05) is 6.26 Å². The number of carbonyl (C=O) groups excluding carboxylic acids is 1. The molecule has 1 aromatic heterocycles. The van der Waals surface area contributed by atoms with Crippen molar-refractivity contribution in [2.45, 2.75) is 12.7 Å². The molecule has 0 bridgehead atoms. The lowest BCUT2D eigenvalue weighted by atomic mass is 9.98. The Labute approximate surface area is 135 Å². The molecule has 2 rings (SSSR count). The molecule has 0 fully saturated rings. The number of benzene rings is 1. The van der Waals surface area contributed by atoms with Crippen LogP contribution in [0.5, 0.6) is 5.88 Å². The van der Waals surface area contributed by atoms with Gasteiger partial charge in [0.15, 0.2) is 0 Å². The molecule has 7 heteroatoms. The average molecular weight is 370 g/mol. The van der Waals surface area contributed by atoms with E-state index >= 15 is 0 Å². The van der Waals surface area contributed by atoms with Gasteiger partial charge in [-0.2, -0.15) is 16.9 Å². The van der Waals surface area contributed by atoms with Crippen LogP contribution in [0.1, 0.15) is 27.2 Å². The van der Waals surface area contributed by atoms with E-state index in [1.54, 1.807) is 37.9 Å². The van der Waals surface area contributed by atoms with E-state index in [0.29, 0.717) is 22.7 Å². The first-order chi connectivity index (χ1) is 9.88. The number of ketones is 1. The molecule has 0 radical (unpaired) electrons. The SMILES string of the molecule is CSCc1c(C(=O)c2c(C)nn(C)c2O)ccc(Br)c1N. The van der Waals surface area contributed by atoms with Crippen LogP contribution >= 0.6 is 27.7 Å². The molecular formula is C14H16BrN3O2S. The van der Waals surface area contributed by atoms with E-state index in [0.717, 1.165) is 10.0 Å². The highest BCUT2D eigenvalue weighted by molar-refractivity contribution is 9.10. The molecule has 5 nitrogen and oxygen atoms in total. The van der Waals surface area contributed by atoms with Crippen molar-refractivity contribution >= 4 is 39.2 Å². The van der Waals surface area contributed by atoms with Gasteiger partial charge >= 0.3 is 0 Å². The van der Waals surface area contributed by atoms with Gasteiger partial charge in [-0.3, -0.25) is 4.79 Å². The van der Waals surface area contributed by atoms with Crippen LogP contribution < -0.4 is 5.73 Å². The Morgan fingerprint density at radius 2 is 2.19 bits per heavy atom. The number of nitrogens with two attached hydrogens (primary N) is 1. The zero-order chi connectivity index (χ0) is 15.7. The lowest BCUT2D eigenvalue weighted by Gasteiger charge is -2.12. The molecule has 0 saturated heterocycles. The number of hydrogen-bond donors (Lipinski definition) is 2. The quantitative estimate of drug-likeness (QED) is 0.639. The first-order valence-corrected chi connectivity index (χ1v) is 8.40. The van der Waals surface area contributed by atoms with E-state index in [4.69, 9.17) is 5.73 Å². The van der Waals surface area contributed by atoms with Gasteiger partial charge in [0.25, 0.3) is 0 Å². The molecule has 0 amide bonds. The van der Waals surface area contributed by atoms with Crippen molar-refractivity contribution in [2.75, 3.05) is 12.0 Å². The summed E-state index contributed by atoms with van der Waals surface area (Å²) in [6.45, 7) is 1.70. The molecule has 3 N–H and O–H groups in total. The normalized spacial score (nSPS) is 10.9. The molecule has 21 heavy (non-hydrogen) atoms. The highest BCUT2D eigenvalue weighted by Gasteiger charge is 2.24. The smallest absolute Gasteiger partial charge is 0.220 e. The molecule has 0 aliphatic carbocycles. The van der Waals surface area contributed by atoms with Crippen molar-refractivity contribution in [2.24, 2.45) is 7.05 Å². The molecule has 0 aliphatic rings. The number of halogens is 1. The number of hydrogen-bond acceptors (Lipinski definition) is 5. The van der Waals surface area contributed by atoms with Crippen LogP contribution in [0, 0.1) is 6.92 Å².